The molecule has 0 amide bonds. The Hall–Kier alpha value is -1.82. The summed E-state index contributed by atoms with van der Waals surface area (Å²) in [5.41, 5.74) is 2.49. The van der Waals surface area contributed by atoms with Gasteiger partial charge in [0.2, 0.25) is 0 Å². The minimum Gasteiger partial charge on any atom is -0.279 e. The minimum atomic E-state index is -3.58. The van der Waals surface area contributed by atoms with E-state index in [1.165, 1.54) is 12.4 Å². The average Bonchev–Trinajstić information content (AvgIpc) is 2.83. The van der Waals surface area contributed by atoms with Crippen LogP contribution in [0.15, 0.2) is 35.5 Å². The maximum absolute atomic E-state index is 12.2. The molecule has 2 aromatic rings. The van der Waals surface area contributed by atoms with Crippen molar-refractivity contribution in [2.75, 3.05) is 4.72 Å². The van der Waals surface area contributed by atoms with Crippen LogP contribution in [0.3, 0.4) is 0 Å². The van der Waals surface area contributed by atoms with Crippen LogP contribution in [0.25, 0.3) is 0 Å². The molecule has 0 aliphatic carbocycles. The van der Waals surface area contributed by atoms with Crippen molar-refractivity contribution in [2.45, 2.75) is 32.2 Å². The van der Waals surface area contributed by atoms with Crippen molar-refractivity contribution < 1.29 is 8.42 Å². The lowest BCUT2D eigenvalue weighted by Crippen LogP contribution is -2.13. The third kappa shape index (κ3) is 2.96. The normalized spacial score (nSPS) is 11.5. The molecule has 0 bridgehead atoms. The Bertz CT molecular complexity index is 690. The Morgan fingerprint density at radius 3 is 2.68 bits per heavy atom. The molecule has 0 unspecified atom stereocenters. The molecule has 0 spiro atoms. The molecule has 102 valence electrons. The van der Waals surface area contributed by atoms with Crippen LogP contribution in [0.5, 0.6) is 0 Å². The summed E-state index contributed by atoms with van der Waals surface area (Å²) >= 11 is 0. The molecule has 0 saturated carbocycles. The lowest BCUT2D eigenvalue weighted by atomic mass is 10.1. The van der Waals surface area contributed by atoms with E-state index in [1.54, 1.807) is 4.68 Å². The van der Waals surface area contributed by atoms with E-state index in [1.807, 2.05) is 39.0 Å². The first-order chi connectivity index (χ1) is 8.92. The lowest BCUT2D eigenvalue weighted by molar-refractivity contribution is 0.600. The molecule has 19 heavy (non-hydrogen) atoms. The summed E-state index contributed by atoms with van der Waals surface area (Å²) in [4.78, 5) is 0.176. The van der Waals surface area contributed by atoms with Crippen LogP contribution >= 0.6 is 0 Å². The van der Waals surface area contributed by atoms with E-state index >= 15 is 0 Å². The van der Waals surface area contributed by atoms with Crippen LogP contribution < -0.4 is 4.72 Å². The fourth-order valence-electron chi connectivity index (χ4n) is 1.71. The first-order valence-electron chi connectivity index (χ1n) is 6.05. The van der Waals surface area contributed by atoms with Gasteiger partial charge in [-0.15, -0.1) is 0 Å². The van der Waals surface area contributed by atoms with E-state index in [0.717, 1.165) is 11.1 Å². The fraction of sp³-hybridized carbons (Fsp3) is 0.308. The lowest BCUT2D eigenvalue weighted by Gasteiger charge is -2.10. The highest BCUT2D eigenvalue weighted by molar-refractivity contribution is 7.92. The molecule has 5 nitrogen and oxygen atoms in total. The van der Waals surface area contributed by atoms with Gasteiger partial charge in [0, 0.05) is 12.7 Å². The van der Waals surface area contributed by atoms with Crippen molar-refractivity contribution in [1.82, 2.24) is 9.78 Å². The molecule has 0 fully saturated rings. The van der Waals surface area contributed by atoms with Crippen LogP contribution in [0.4, 0.5) is 5.69 Å². The quantitative estimate of drug-likeness (QED) is 0.934. The predicted octanol–water partition coefficient (Wildman–Crippen LogP) is 2.32. The zero-order chi connectivity index (χ0) is 14.0. The summed E-state index contributed by atoms with van der Waals surface area (Å²) in [6.45, 7) is 6.33. The molecular weight excluding hydrogens is 262 g/mol. The zero-order valence-corrected chi connectivity index (χ0v) is 12.0. The van der Waals surface area contributed by atoms with Crippen molar-refractivity contribution in [1.29, 1.82) is 0 Å². The molecule has 1 heterocycles. The van der Waals surface area contributed by atoms with Crippen LogP contribution in [0, 0.1) is 13.8 Å². The largest absolute Gasteiger partial charge is 0.279 e. The first kappa shape index (κ1) is 13.6. The number of hydrogen-bond acceptors (Lipinski definition) is 3. The van der Waals surface area contributed by atoms with Gasteiger partial charge in [-0.1, -0.05) is 12.1 Å². The molecule has 6 heteroatoms. The topological polar surface area (TPSA) is 64.0 Å². The number of nitrogens with zero attached hydrogens (tertiary/aromatic N) is 2. The summed E-state index contributed by atoms with van der Waals surface area (Å²) in [6.07, 6.45) is 2.88. The minimum absolute atomic E-state index is 0.176. The molecule has 0 radical (unpaired) electrons. The summed E-state index contributed by atoms with van der Waals surface area (Å²) < 4.78 is 28.6. The van der Waals surface area contributed by atoms with Gasteiger partial charge in [-0.3, -0.25) is 9.40 Å². The predicted molar refractivity (Wildman–Crippen MR) is 74.6 cm³/mol. The monoisotopic (exact) mass is 279 g/mol. The first-order valence-corrected chi connectivity index (χ1v) is 7.53. The van der Waals surface area contributed by atoms with E-state index in [0.29, 0.717) is 12.2 Å². The van der Waals surface area contributed by atoms with Gasteiger partial charge >= 0.3 is 0 Å². The van der Waals surface area contributed by atoms with Crippen LogP contribution in [0.2, 0.25) is 0 Å². The zero-order valence-electron chi connectivity index (χ0n) is 11.2. The smallest absolute Gasteiger partial charge is 0.265 e. The van der Waals surface area contributed by atoms with Crippen LogP contribution in [-0.4, -0.2) is 18.2 Å². The number of aryl methyl sites for hydroxylation is 3. The standard InChI is InChI=1S/C13H17N3O2S/c1-4-16-9-12(8-14-16)19(17,18)15-13-7-10(2)5-6-11(13)3/h5-9,15H,4H2,1-3H3. The highest BCUT2D eigenvalue weighted by Gasteiger charge is 2.17. The van der Waals surface area contributed by atoms with Gasteiger partial charge in [-0.2, -0.15) is 5.10 Å². The number of nitrogens with one attached hydrogen (secondary N) is 1. The second kappa shape index (κ2) is 5.05. The second-order valence-corrected chi connectivity index (χ2v) is 6.14. The van der Waals surface area contributed by atoms with Crippen molar-refractivity contribution in [3.8, 4) is 0 Å². The summed E-state index contributed by atoms with van der Waals surface area (Å²) in [5, 5.41) is 3.98. The van der Waals surface area contributed by atoms with Gasteiger partial charge in [0.25, 0.3) is 10.0 Å². The molecule has 0 aliphatic rings. The summed E-state index contributed by atoms with van der Waals surface area (Å²) in [5.74, 6) is 0. The number of rotatable bonds is 4. The Labute approximate surface area is 113 Å². The third-order valence-corrected chi connectivity index (χ3v) is 4.20. The van der Waals surface area contributed by atoms with E-state index in [2.05, 4.69) is 9.82 Å². The van der Waals surface area contributed by atoms with Crippen molar-refractivity contribution in [3.63, 3.8) is 0 Å². The van der Waals surface area contributed by atoms with Crippen molar-refractivity contribution in [2.24, 2.45) is 0 Å². The fourth-order valence-corrected chi connectivity index (χ4v) is 2.78. The number of benzene rings is 1. The van der Waals surface area contributed by atoms with Crippen molar-refractivity contribution in [3.05, 3.63) is 41.7 Å². The second-order valence-electron chi connectivity index (χ2n) is 4.46. The van der Waals surface area contributed by atoms with Gasteiger partial charge in [-0.25, -0.2) is 8.42 Å². The number of sulfonamides is 1. The molecule has 0 atom stereocenters. The van der Waals surface area contributed by atoms with Gasteiger partial charge in [0.05, 0.1) is 11.9 Å². The molecule has 0 aliphatic heterocycles. The van der Waals surface area contributed by atoms with E-state index in [-0.39, 0.29) is 4.90 Å². The Morgan fingerprint density at radius 1 is 1.32 bits per heavy atom. The third-order valence-electron chi connectivity index (χ3n) is 2.88. The molecule has 1 aromatic carbocycles. The number of anilines is 1. The SMILES string of the molecule is CCn1cc(S(=O)(=O)Nc2cc(C)ccc2C)cn1. The molecular formula is C13H17N3O2S. The van der Waals surface area contributed by atoms with Gasteiger partial charge in [0.15, 0.2) is 0 Å². The molecule has 0 saturated heterocycles. The number of aromatic nitrogens is 2. The molecule has 2 rings (SSSR count). The maximum atomic E-state index is 12.2. The van der Waals surface area contributed by atoms with Crippen molar-refractivity contribution >= 4 is 15.7 Å². The Kier molecular flexibility index (Phi) is 3.61. The highest BCUT2D eigenvalue weighted by Crippen LogP contribution is 2.20. The molecule has 1 N–H and O–H groups in total. The number of hydrogen-bond donors (Lipinski definition) is 1. The van der Waals surface area contributed by atoms with E-state index in [9.17, 15) is 8.42 Å². The highest BCUT2D eigenvalue weighted by atomic mass is 32.2. The van der Waals surface area contributed by atoms with Gasteiger partial charge in [-0.05, 0) is 38.0 Å². The van der Waals surface area contributed by atoms with E-state index < -0.39 is 10.0 Å². The Morgan fingerprint density at radius 2 is 2.05 bits per heavy atom. The summed E-state index contributed by atoms with van der Waals surface area (Å²) in [7, 11) is -3.58. The van der Waals surface area contributed by atoms with Gasteiger partial charge < -0.3 is 0 Å². The Balaban J connectivity index is 2.33. The average molecular weight is 279 g/mol. The van der Waals surface area contributed by atoms with Gasteiger partial charge in [0.1, 0.15) is 4.90 Å². The van der Waals surface area contributed by atoms with Crippen LogP contribution in [0.1, 0.15) is 18.1 Å². The van der Waals surface area contributed by atoms with E-state index in [4.69, 9.17) is 0 Å². The maximum Gasteiger partial charge on any atom is 0.265 e. The molecule has 1 aromatic heterocycles. The van der Waals surface area contributed by atoms with Crippen LogP contribution in [-0.2, 0) is 16.6 Å². The summed E-state index contributed by atoms with van der Waals surface area (Å²) in [6, 6.07) is 5.65.